The third-order valence-electron chi connectivity index (χ3n) is 3.45. The first-order valence-corrected chi connectivity index (χ1v) is 8.38. The number of amides is 2. The van der Waals surface area contributed by atoms with Crippen LogP contribution in [0.5, 0.6) is 0 Å². The fourth-order valence-electron chi connectivity index (χ4n) is 2.24. The molecular weight excluding hydrogens is 356 g/mol. The van der Waals surface area contributed by atoms with E-state index in [0.29, 0.717) is 13.2 Å². The van der Waals surface area contributed by atoms with Gasteiger partial charge in [-0.2, -0.15) is 0 Å². The topological polar surface area (TPSA) is 50.4 Å². The Morgan fingerprint density at radius 3 is 2.61 bits per heavy atom. The van der Waals surface area contributed by atoms with Crippen LogP contribution in [0.4, 0.5) is 10.5 Å². The predicted molar refractivity (Wildman–Crippen MR) is 96.5 cm³/mol. The molecule has 5 heteroatoms. The van der Waals surface area contributed by atoms with Crippen LogP contribution < -0.4 is 10.6 Å². The van der Waals surface area contributed by atoms with Gasteiger partial charge in [-0.15, -0.1) is 0 Å². The lowest BCUT2D eigenvalue weighted by atomic mass is 10.1. The van der Waals surface area contributed by atoms with E-state index in [1.807, 2.05) is 62.4 Å². The van der Waals surface area contributed by atoms with Crippen LogP contribution in [0, 0.1) is 0 Å². The van der Waals surface area contributed by atoms with Gasteiger partial charge >= 0.3 is 6.03 Å². The average Bonchev–Trinajstić information content (AvgIpc) is 2.54. The normalized spacial score (nSPS) is 11.8. The minimum Gasteiger partial charge on any atom is -0.377 e. The number of carbonyl (C=O) groups excluding carboxylic acids is 1. The molecule has 0 saturated carbocycles. The van der Waals surface area contributed by atoms with E-state index in [2.05, 4.69) is 26.6 Å². The lowest BCUT2D eigenvalue weighted by molar-refractivity contribution is 0.134. The third-order valence-corrected chi connectivity index (χ3v) is 4.17. The smallest absolute Gasteiger partial charge is 0.319 e. The van der Waals surface area contributed by atoms with Crippen molar-refractivity contribution in [1.82, 2.24) is 5.32 Å². The first-order valence-electron chi connectivity index (χ1n) is 7.59. The van der Waals surface area contributed by atoms with Crippen LogP contribution >= 0.6 is 15.9 Å². The van der Waals surface area contributed by atoms with Gasteiger partial charge in [0.15, 0.2) is 0 Å². The summed E-state index contributed by atoms with van der Waals surface area (Å²) in [4.78, 5) is 12.3. The maximum Gasteiger partial charge on any atom is 0.319 e. The lowest BCUT2D eigenvalue weighted by Crippen LogP contribution is -2.31. The van der Waals surface area contributed by atoms with E-state index in [-0.39, 0.29) is 12.1 Å². The largest absolute Gasteiger partial charge is 0.377 e. The van der Waals surface area contributed by atoms with Gasteiger partial charge in [0.2, 0.25) is 0 Å². The van der Waals surface area contributed by atoms with Gasteiger partial charge in [0.25, 0.3) is 0 Å². The summed E-state index contributed by atoms with van der Waals surface area (Å²) in [6, 6.07) is 15.1. The number of nitrogens with one attached hydrogen (secondary N) is 2. The van der Waals surface area contributed by atoms with Crippen molar-refractivity contribution in [3.05, 3.63) is 64.1 Å². The van der Waals surface area contributed by atoms with Gasteiger partial charge in [-0.3, -0.25) is 0 Å². The van der Waals surface area contributed by atoms with E-state index >= 15 is 0 Å². The molecule has 1 atom stereocenters. The van der Waals surface area contributed by atoms with E-state index in [9.17, 15) is 4.79 Å². The molecule has 4 nitrogen and oxygen atoms in total. The van der Waals surface area contributed by atoms with Gasteiger partial charge in [0, 0.05) is 22.3 Å². The van der Waals surface area contributed by atoms with Crippen molar-refractivity contribution in [2.24, 2.45) is 0 Å². The van der Waals surface area contributed by atoms with Gasteiger partial charge in [-0.1, -0.05) is 52.3 Å². The van der Waals surface area contributed by atoms with Crippen molar-refractivity contribution in [1.29, 1.82) is 0 Å². The molecule has 2 rings (SSSR count). The standard InChI is InChI=1S/C18H21BrN2O2/c1-3-23-12-14-8-4-7-11-17(14)21-18(22)20-13(2)15-9-5-6-10-16(15)19/h4-11,13H,3,12H2,1-2H3,(H2,20,21,22). The number of ether oxygens (including phenoxy) is 1. The van der Waals surface area contributed by atoms with Crippen molar-refractivity contribution >= 4 is 27.6 Å². The second-order valence-electron chi connectivity index (χ2n) is 5.14. The molecule has 0 heterocycles. The highest BCUT2D eigenvalue weighted by Crippen LogP contribution is 2.23. The molecule has 0 spiro atoms. The van der Waals surface area contributed by atoms with Crippen LogP contribution in [0.2, 0.25) is 0 Å². The molecule has 0 aliphatic carbocycles. The summed E-state index contributed by atoms with van der Waals surface area (Å²) in [6.07, 6.45) is 0. The Kier molecular flexibility index (Phi) is 6.62. The highest BCUT2D eigenvalue weighted by atomic mass is 79.9. The molecule has 2 N–H and O–H groups in total. The van der Waals surface area contributed by atoms with Gasteiger partial charge in [0.1, 0.15) is 0 Å². The van der Waals surface area contributed by atoms with Crippen LogP contribution in [0.3, 0.4) is 0 Å². The first kappa shape index (κ1) is 17.5. The van der Waals surface area contributed by atoms with E-state index in [1.54, 1.807) is 0 Å². The van der Waals surface area contributed by atoms with Crippen molar-refractivity contribution in [2.75, 3.05) is 11.9 Å². The van der Waals surface area contributed by atoms with Crippen LogP contribution in [-0.4, -0.2) is 12.6 Å². The second-order valence-corrected chi connectivity index (χ2v) is 5.99. The first-order chi connectivity index (χ1) is 11.1. The molecule has 0 bridgehead atoms. The number of rotatable bonds is 6. The summed E-state index contributed by atoms with van der Waals surface area (Å²) >= 11 is 3.51. The number of benzene rings is 2. The summed E-state index contributed by atoms with van der Waals surface area (Å²) in [7, 11) is 0. The Hall–Kier alpha value is -1.85. The van der Waals surface area contributed by atoms with Crippen LogP contribution in [0.25, 0.3) is 0 Å². The Morgan fingerprint density at radius 1 is 1.17 bits per heavy atom. The molecule has 0 aliphatic heterocycles. The molecule has 0 aliphatic rings. The van der Waals surface area contributed by atoms with E-state index in [4.69, 9.17) is 4.74 Å². The molecule has 2 amide bonds. The summed E-state index contributed by atoms with van der Waals surface area (Å²) in [5.41, 5.74) is 2.75. The Bertz CT molecular complexity index is 661. The molecule has 2 aromatic carbocycles. The second kappa shape index (κ2) is 8.70. The van der Waals surface area contributed by atoms with Crippen LogP contribution in [0.1, 0.15) is 31.0 Å². The number of hydrogen-bond acceptors (Lipinski definition) is 2. The van der Waals surface area contributed by atoms with Gasteiger partial charge < -0.3 is 15.4 Å². The SMILES string of the molecule is CCOCc1ccccc1NC(=O)NC(C)c1ccccc1Br. The Balaban J connectivity index is 2.01. The highest BCUT2D eigenvalue weighted by Gasteiger charge is 2.13. The number of halogens is 1. The van der Waals surface area contributed by atoms with E-state index in [0.717, 1.165) is 21.3 Å². The zero-order chi connectivity index (χ0) is 16.7. The zero-order valence-electron chi connectivity index (χ0n) is 13.3. The molecule has 0 radical (unpaired) electrons. The van der Waals surface area contributed by atoms with E-state index < -0.39 is 0 Å². The Morgan fingerprint density at radius 2 is 1.87 bits per heavy atom. The minimum atomic E-state index is -0.239. The van der Waals surface area contributed by atoms with Crippen molar-refractivity contribution in [3.63, 3.8) is 0 Å². The average molecular weight is 377 g/mol. The molecule has 0 fully saturated rings. The van der Waals surface area contributed by atoms with E-state index in [1.165, 1.54) is 0 Å². The fraction of sp³-hybridized carbons (Fsp3) is 0.278. The minimum absolute atomic E-state index is 0.107. The maximum absolute atomic E-state index is 12.3. The molecule has 122 valence electrons. The van der Waals surface area contributed by atoms with Gasteiger partial charge in [-0.05, 0) is 31.5 Å². The number of urea groups is 1. The molecule has 23 heavy (non-hydrogen) atoms. The van der Waals surface area contributed by atoms with Crippen LogP contribution in [-0.2, 0) is 11.3 Å². The Labute approximate surface area is 145 Å². The monoisotopic (exact) mass is 376 g/mol. The molecular formula is C18H21BrN2O2. The number of anilines is 1. The number of hydrogen-bond donors (Lipinski definition) is 2. The number of para-hydroxylation sites is 1. The van der Waals surface area contributed by atoms with Crippen molar-refractivity contribution < 1.29 is 9.53 Å². The molecule has 1 unspecified atom stereocenters. The maximum atomic E-state index is 12.3. The number of carbonyl (C=O) groups is 1. The van der Waals surface area contributed by atoms with Crippen LogP contribution in [0.15, 0.2) is 53.0 Å². The third kappa shape index (κ3) is 5.08. The van der Waals surface area contributed by atoms with Crippen molar-refractivity contribution in [3.8, 4) is 0 Å². The van der Waals surface area contributed by atoms with Gasteiger partial charge in [0.05, 0.1) is 12.6 Å². The zero-order valence-corrected chi connectivity index (χ0v) is 14.9. The van der Waals surface area contributed by atoms with Gasteiger partial charge in [-0.25, -0.2) is 4.79 Å². The summed E-state index contributed by atoms with van der Waals surface area (Å²) in [6.45, 7) is 5.01. The molecule has 2 aromatic rings. The van der Waals surface area contributed by atoms with Crippen molar-refractivity contribution in [2.45, 2.75) is 26.5 Å². The quantitative estimate of drug-likeness (QED) is 0.755. The molecule has 0 aromatic heterocycles. The lowest BCUT2D eigenvalue weighted by Gasteiger charge is -2.17. The predicted octanol–water partition coefficient (Wildman–Crippen LogP) is 4.87. The highest BCUT2D eigenvalue weighted by molar-refractivity contribution is 9.10. The summed E-state index contributed by atoms with van der Waals surface area (Å²) < 4.78 is 6.41. The fourth-order valence-corrected chi connectivity index (χ4v) is 2.87. The summed E-state index contributed by atoms with van der Waals surface area (Å²) in [5, 5.41) is 5.84. The summed E-state index contributed by atoms with van der Waals surface area (Å²) in [5.74, 6) is 0. The molecule has 0 saturated heterocycles.